The van der Waals surface area contributed by atoms with Crippen molar-refractivity contribution in [2.45, 2.75) is 38.1 Å². The van der Waals surface area contributed by atoms with Crippen LogP contribution >= 0.6 is 0 Å². The lowest BCUT2D eigenvalue weighted by Crippen LogP contribution is -2.38. The van der Waals surface area contributed by atoms with Crippen molar-refractivity contribution in [2.24, 2.45) is 0 Å². The van der Waals surface area contributed by atoms with E-state index in [1.807, 2.05) is 20.8 Å². The molecule has 0 aliphatic carbocycles. The molecule has 1 aromatic carbocycles. The molecule has 0 aromatic heterocycles. The maximum atomic E-state index is 12.2. The van der Waals surface area contributed by atoms with Crippen LogP contribution in [-0.4, -0.2) is 38.8 Å². The molecule has 0 radical (unpaired) electrons. The molecule has 0 heterocycles. The van der Waals surface area contributed by atoms with Crippen molar-refractivity contribution >= 4 is 15.8 Å². The zero-order valence-corrected chi connectivity index (χ0v) is 13.8. The van der Waals surface area contributed by atoms with E-state index in [2.05, 4.69) is 5.32 Å². The third-order valence-electron chi connectivity index (χ3n) is 2.75. The SMILES string of the molecule is CCOC(=O)c1ccc(S(=O)(=O)CCNC(C)(C)C)cc1. The standard InChI is InChI=1S/C15H23NO4S/c1-5-20-14(17)12-6-8-13(9-7-12)21(18,19)11-10-16-15(2,3)4/h6-9,16H,5,10-11H2,1-4H3. The summed E-state index contributed by atoms with van der Waals surface area (Å²) in [6.07, 6.45) is 0. The molecule has 0 unspecified atom stereocenters. The van der Waals surface area contributed by atoms with Gasteiger partial charge >= 0.3 is 5.97 Å². The Kier molecular flexibility index (Phi) is 5.92. The summed E-state index contributed by atoms with van der Waals surface area (Å²) >= 11 is 0. The number of carbonyl (C=O) groups is 1. The fourth-order valence-electron chi connectivity index (χ4n) is 1.69. The molecule has 0 aliphatic rings. The average molecular weight is 313 g/mol. The van der Waals surface area contributed by atoms with Crippen LogP contribution < -0.4 is 5.32 Å². The number of carbonyl (C=O) groups excluding carboxylic acids is 1. The molecule has 6 heteroatoms. The third-order valence-corrected chi connectivity index (χ3v) is 4.48. The number of sulfone groups is 1. The van der Waals surface area contributed by atoms with E-state index in [-0.39, 0.29) is 22.8 Å². The van der Waals surface area contributed by atoms with Crippen LogP contribution in [0.25, 0.3) is 0 Å². The number of esters is 1. The highest BCUT2D eigenvalue weighted by Crippen LogP contribution is 2.13. The molecule has 0 bridgehead atoms. The lowest BCUT2D eigenvalue weighted by atomic mass is 10.1. The van der Waals surface area contributed by atoms with E-state index in [9.17, 15) is 13.2 Å². The van der Waals surface area contributed by atoms with Crippen LogP contribution in [0.1, 0.15) is 38.1 Å². The van der Waals surface area contributed by atoms with Gasteiger partial charge in [0.2, 0.25) is 0 Å². The Labute approximate surface area is 126 Å². The maximum absolute atomic E-state index is 12.2. The Morgan fingerprint density at radius 3 is 2.24 bits per heavy atom. The second kappa shape index (κ2) is 7.04. The minimum atomic E-state index is -3.35. The number of ether oxygens (including phenoxy) is 1. The van der Waals surface area contributed by atoms with Gasteiger partial charge in [0.05, 0.1) is 22.8 Å². The molecule has 1 rings (SSSR count). The summed E-state index contributed by atoms with van der Waals surface area (Å²) in [7, 11) is -3.35. The Morgan fingerprint density at radius 1 is 1.19 bits per heavy atom. The van der Waals surface area contributed by atoms with Crippen molar-refractivity contribution in [2.75, 3.05) is 18.9 Å². The highest BCUT2D eigenvalue weighted by Gasteiger charge is 2.17. The maximum Gasteiger partial charge on any atom is 0.338 e. The smallest absolute Gasteiger partial charge is 0.338 e. The number of rotatable bonds is 6. The average Bonchev–Trinajstić information content (AvgIpc) is 2.37. The summed E-state index contributed by atoms with van der Waals surface area (Å²) in [5.74, 6) is -0.431. The summed E-state index contributed by atoms with van der Waals surface area (Å²) in [6, 6.07) is 5.83. The van der Waals surface area contributed by atoms with Gasteiger partial charge in [0.25, 0.3) is 0 Å². The molecule has 5 nitrogen and oxygen atoms in total. The number of hydrogen-bond donors (Lipinski definition) is 1. The van der Waals surface area contributed by atoms with E-state index in [1.165, 1.54) is 24.3 Å². The lowest BCUT2D eigenvalue weighted by molar-refractivity contribution is 0.0526. The van der Waals surface area contributed by atoms with Crippen molar-refractivity contribution in [3.8, 4) is 0 Å². The molecule has 0 spiro atoms. The Balaban J connectivity index is 2.74. The van der Waals surface area contributed by atoms with Crippen LogP contribution in [0.15, 0.2) is 29.2 Å². The highest BCUT2D eigenvalue weighted by atomic mass is 32.2. The summed E-state index contributed by atoms with van der Waals surface area (Å²) in [5, 5.41) is 3.14. The van der Waals surface area contributed by atoms with Crippen LogP contribution in [0.2, 0.25) is 0 Å². The Bertz CT molecular complexity index is 571. The Hall–Kier alpha value is -1.40. The number of hydrogen-bond acceptors (Lipinski definition) is 5. The number of nitrogens with one attached hydrogen (secondary N) is 1. The van der Waals surface area contributed by atoms with Gasteiger partial charge in [0, 0.05) is 12.1 Å². The minimum Gasteiger partial charge on any atom is -0.462 e. The minimum absolute atomic E-state index is 0.0169. The zero-order valence-electron chi connectivity index (χ0n) is 13.0. The lowest BCUT2D eigenvalue weighted by Gasteiger charge is -2.20. The van der Waals surface area contributed by atoms with Gasteiger partial charge in [-0.3, -0.25) is 0 Å². The van der Waals surface area contributed by atoms with E-state index >= 15 is 0 Å². The van der Waals surface area contributed by atoms with E-state index in [0.29, 0.717) is 12.1 Å². The molecular formula is C15H23NO4S. The van der Waals surface area contributed by atoms with Gasteiger partial charge in [-0.05, 0) is 52.0 Å². The molecule has 0 fully saturated rings. The molecule has 118 valence electrons. The summed E-state index contributed by atoms with van der Waals surface area (Å²) in [5.41, 5.74) is 0.229. The molecule has 1 aromatic rings. The Morgan fingerprint density at radius 2 is 1.76 bits per heavy atom. The van der Waals surface area contributed by atoms with Crippen LogP contribution in [-0.2, 0) is 14.6 Å². The second-order valence-corrected chi connectivity index (χ2v) is 7.85. The van der Waals surface area contributed by atoms with Crippen molar-refractivity contribution in [3.05, 3.63) is 29.8 Å². The molecule has 0 saturated carbocycles. The van der Waals surface area contributed by atoms with E-state index in [4.69, 9.17) is 4.74 Å². The van der Waals surface area contributed by atoms with E-state index < -0.39 is 15.8 Å². The predicted molar refractivity (Wildman–Crippen MR) is 82.2 cm³/mol. The first-order chi connectivity index (χ1) is 9.65. The van der Waals surface area contributed by atoms with Crippen LogP contribution in [0.5, 0.6) is 0 Å². The van der Waals surface area contributed by atoms with Crippen LogP contribution in [0.3, 0.4) is 0 Å². The van der Waals surface area contributed by atoms with Gasteiger partial charge in [-0.2, -0.15) is 0 Å². The van der Waals surface area contributed by atoms with Gasteiger partial charge < -0.3 is 10.1 Å². The fraction of sp³-hybridized carbons (Fsp3) is 0.533. The molecule has 0 aliphatic heterocycles. The zero-order chi connectivity index (χ0) is 16.1. The molecular weight excluding hydrogens is 290 g/mol. The molecule has 21 heavy (non-hydrogen) atoms. The first-order valence-corrected chi connectivity index (χ1v) is 8.56. The summed E-state index contributed by atoms with van der Waals surface area (Å²) in [6.45, 7) is 8.33. The van der Waals surface area contributed by atoms with Crippen molar-refractivity contribution in [1.29, 1.82) is 0 Å². The third kappa shape index (κ3) is 5.85. The van der Waals surface area contributed by atoms with Gasteiger partial charge in [-0.15, -0.1) is 0 Å². The van der Waals surface area contributed by atoms with Gasteiger partial charge in [0.1, 0.15) is 0 Å². The first-order valence-electron chi connectivity index (χ1n) is 6.91. The largest absolute Gasteiger partial charge is 0.462 e. The van der Waals surface area contributed by atoms with E-state index in [0.717, 1.165) is 0 Å². The topological polar surface area (TPSA) is 72.5 Å². The first kappa shape index (κ1) is 17.7. The highest BCUT2D eigenvalue weighted by molar-refractivity contribution is 7.91. The fourth-order valence-corrected chi connectivity index (χ4v) is 2.85. The molecule has 0 saturated heterocycles. The van der Waals surface area contributed by atoms with Crippen LogP contribution in [0, 0.1) is 0 Å². The summed E-state index contributed by atoms with van der Waals surface area (Å²) < 4.78 is 29.2. The monoisotopic (exact) mass is 313 g/mol. The molecule has 0 atom stereocenters. The molecule has 1 N–H and O–H groups in total. The second-order valence-electron chi connectivity index (χ2n) is 5.74. The van der Waals surface area contributed by atoms with E-state index in [1.54, 1.807) is 6.92 Å². The van der Waals surface area contributed by atoms with Gasteiger partial charge in [-0.25, -0.2) is 13.2 Å². The quantitative estimate of drug-likeness (QED) is 0.814. The van der Waals surface area contributed by atoms with Crippen molar-refractivity contribution in [1.82, 2.24) is 5.32 Å². The van der Waals surface area contributed by atoms with Crippen LogP contribution in [0.4, 0.5) is 0 Å². The van der Waals surface area contributed by atoms with Gasteiger partial charge in [-0.1, -0.05) is 0 Å². The van der Waals surface area contributed by atoms with Crippen molar-refractivity contribution in [3.63, 3.8) is 0 Å². The van der Waals surface area contributed by atoms with Gasteiger partial charge in [0.15, 0.2) is 9.84 Å². The predicted octanol–water partition coefficient (Wildman–Crippen LogP) is 2.03. The number of benzene rings is 1. The molecule has 0 amide bonds. The summed E-state index contributed by atoms with van der Waals surface area (Å²) in [4.78, 5) is 11.7. The normalized spacial score (nSPS) is 12.2. The van der Waals surface area contributed by atoms with Crippen molar-refractivity contribution < 1.29 is 17.9 Å².